The van der Waals surface area contributed by atoms with Crippen LogP contribution in [-0.2, 0) is 35.2 Å². The van der Waals surface area contributed by atoms with Gasteiger partial charge in [0.25, 0.3) is 0 Å². The maximum Gasteiger partial charge on any atom is 0.421 e. The zero-order chi connectivity index (χ0) is 38.6. The van der Waals surface area contributed by atoms with Crippen molar-refractivity contribution in [2.45, 2.75) is 70.7 Å². The highest BCUT2D eigenvalue weighted by Crippen LogP contribution is 2.46. The van der Waals surface area contributed by atoms with E-state index in [-0.39, 0.29) is 23.8 Å². The largest absolute Gasteiger partial charge is 0.481 e. The van der Waals surface area contributed by atoms with Gasteiger partial charge in [-0.05, 0) is 73.4 Å². The van der Waals surface area contributed by atoms with Crippen molar-refractivity contribution in [2.24, 2.45) is 11.8 Å². The molecule has 13 heteroatoms. The molecule has 2 aliphatic carbocycles. The Morgan fingerprint density at radius 2 is 1.67 bits per heavy atom. The van der Waals surface area contributed by atoms with Crippen LogP contribution in [0.15, 0.2) is 54.6 Å². The molecule has 0 unspecified atom stereocenters. The molecule has 0 spiro atoms. The minimum Gasteiger partial charge on any atom is -0.481 e. The van der Waals surface area contributed by atoms with Gasteiger partial charge >= 0.3 is 6.18 Å². The van der Waals surface area contributed by atoms with E-state index in [1.807, 2.05) is 48.5 Å². The Bertz CT molecular complexity index is 2020. The molecule has 2 aromatic heterocycles. The van der Waals surface area contributed by atoms with Gasteiger partial charge in [0.2, 0.25) is 23.5 Å². The summed E-state index contributed by atoms with van der Waals surface area (Å²) in [6, 6.07) is 16.2. The lowest BCUT2D eigenvalue weighted by atomic mass is 9.94. The van der Waals surface area contributed by atoms with Gasteiger partial charge in [0.15, 0.2) is 0 Å². The van der Waals surface area contributed by atoms with E-state index in [0.29, 0.717) is 72.5 Å². The Morgan fingerprint density at radius 1 is 0.944 bits per heavy atom. The van der Waals surface area contributed by atoms with Gasteiger partial charge in [-0.15, -0.1) is 0 Å². The normalized spacial score (nSPS) is 17.3. The molecule has 1 amide bonds. The van der Waals surface area contributed by atoms with Crippen LogP contribution < -0.4 is 24.8 Å². The maximum atomic E-state index is 14.5. The average Bonchev–Trinajstić information content (AvgIpc) is 3.78. The van der Waals surface area contributed by atoms with Crippen LogP contribution in [0.25, 0.3) is 22.4 Å². The summed E-state index contributed by atoms with van der Waals surface area (Å²) in [6.45, 7) is 3.01. The highest BCUT2D eigenvalue weighted by Gasteiger charge is 2.39. The van der Waals surface area contributed by atoms with E-state index in [1.54, 1.807) is 14.0 Å². The summed E-state index contributed by atoms with van der Waals surface area (Å²) in [6.07, 6.45) is -1.79. The predicted molar refractivity (Wildman–Crippen MR) is 200 cm³/mol. The number of amides is 1. The summed E-state index contributed by atoms with van der Waals surface area (Å²) in [5.74, 6) is 0.00350. The van der Waals surface area contributed by atoms with Crippen LogP contribution in [0.1, 0.15) is 72.9 Å². The van der Waals surface area contributed by atoms with Crippen LogP contribution >= 0.6 is 11.6 Å². The highest BCUT2D eigenvalue weighted by atomic mass is 35.5. The van der Waals surface area contributed by atoms with E-state index in [9.17, 15) is 22.8 Å². The van der Waals surface area contributed by atoms with Crippen molar-refractivity contribution < 1.29 is 37.0 Å². The van der Waals surface area contributed by atoms with Crippen molar-refractivity contribution in [1.82, 2.24) is 20.6 Å². The topological polar surface area (TPSA) is 112 Å². The molecule has 2 N–H and O–H groups in total. The number of Topliss-reactive ketones (excluding diaryl/α,β-unsaturated/α-hetero) is 1. The Hall–Kier alpha value is -4.68. The number of hydrogen-bond donors (Lipinski definition) is 2. The van der Waals surface area contributed by atoms with Gasteiger partial charge in [0, 0.05) is 54.6 Å². The number of ether oxygens (including phenoxy) is 3. The number of nitrogens with one attached hydrogen (secondary N) is 2. The predicted octanol–water partition coefficient (Wildman–Crippen LogP) is 8.34. The van der Waals surface area contributed by atoms with Crippen molar-refractivity contribution in [3.8, 4) is 40.0 Å². The fourth-order valence-electron chi connectivity index (χ4n) is 7.39. The minimum absolute atomic E-state index is 0.0222. The number of halogens is 4. The number of benzene rings is 2. The second kappa shape index (κ2) is 16.8. The zero-order valence-electron chi connectivity index (χ0n) is 30.7. The van der Waals surface area contributed by atoms with Crippen LogP contribution in [0.5, 0.6) is 17.6 Å². The van der Waals surface area contributed by atoms with Gasteiger partial charge < -0.3 is 24.8 Å². The summed E-state index contributed by atoms with van der Waals surface area (Å²) < 4.78 is 60.5. The van der Waals surface area contributed by atoms with Gasteiger partial charge in [-0.3, -0.25) is 9.59 Å². The number of alkyl halides is 3. The number of pyridine rings is 2. The van der Waals surface area contributed by atoms with Crippen LogP contribution in [0.2, 0.25) is 5.02 Å². The van der Waals surface area contributed by atoms with Crippen molar-refractivity contribution in [2.75, 3.05) is 27.8 Å². The zero-order valence-corrected chi connectivity index (χ0v) is 31.5. The van der Waals surface area contributed by atoms with Crippen molar-refractivity contribution >= 4 is 23.3 Å². The standard InChI is InChI=1S/C41H44ClF3N4O5/c1-23(37(51)46-2)11-13-25-20-33(41(43,44)45)40(49-38(25)52-3)54-35-18-16-29-28(7-5-8-30(29)35)31-9-6-10-32(36(31)42)34-17-14-26(39(48-34)53-4)22-47-21-24-12-15-27(50)19-24/h5-10,14,17,20,23-24,35,47H,11-13,15-16,18-19,21-22H2,1-4H3,(H,46,51)/t23-,24-,35+/m1/s1. The first kappa shape index (κ1) is 39.0. The Labute approximate surface area is 318 Å². The van der Waals surface area contributed by atoms with Crippen LogP contribution in [0.4, 0.5) is 13.2 Å². The summed E-state index contributed by atoms with van der Waals surface area (Å²) in [5, 5.41) is 6.47. The van der Waals surface area contributed by atoms with E-state index in [0.717, 1.165) is 46.8 Å². The summed E-state index contributed by atoms with van der Waals surface area (Å²) in [7, 11) is 4.44. The molecule has 2 aromatic carbocycles. The van der Waals surface area contributed by atoms with Crippen molar-refractivity contribution in [1.29, 1.82) is 0 Å². The molecule has 2 aliphatic rings. The van der Waals surface area contributed by atoms with Crippen molar-refractivity contribution in [3.63, 3.8) is 0 Å². The molecule has 6 rings (SSSR count). The van der Waals surface area contributed by atoms with Gasteiger partial charge in [-0.1, -0.05) is 61.0 Å². The molecule has 3 atom stereocenters. The summed E-state index contributed by atoms with van der Waals surface area (Å²) >= 11 is 7.12. The lowest BCUT2D eigenvalue weighted by molar-refractivity contribution is -0.139. The second-order valence-corrected chi connectivity index (χ2v) is 14.3. The monoisotopic (exact) mass is 764 g/mol. The number of ketones is 1. The van der Waals surface area contributed by atoms with Crippen LogP contribution in [0, 0.1) is 11.8 Å². The number of nitrogens with zero attached hydrogens (tertiary/aromatic N) is 2. The quantitative estimate of drug-likeness (QED) is 0.132. The van der Waals surface area contributed by atoms with Crippen molar-refractivity contribution in [3.05, 3.63) is 87.4 Å². The second-order valence-electron chi connectivity index (χ2n) is 13.9. The SMILES string of the molecule is CNC(=O)[C@H](C)CCc1cc(C(F)(F)F)c(O[C@H]2CCc3c(-c4cccc(-c5ccc(CNC[C@@H]6CCC(=O)C6)c(OC)n5)c4Cl)cccc32)nc1OC. The lowest BCUT2D eigenvalue weighted by Crippen LogP contribution is -2.25. The number of carbonyl (C=O) groups is 2. The van der Waals surface area contributed by atoms with Crippen LogP contribution in [-0.4, -0.2) is 49.5 Å². The average molecular weight is 765 g/mol. The third-order valence-electron chi connectivity index (χ3n) is 10.3. The summed E-state index contributed by atoms with van der Waals surface area (Å²) in [5.41, 5.74) is 4.76. The molecule has 1 fully saturated rings. The number of carbonyl (C=O) groups excluding carboxylic acids is 2. The molecule has 0 saturated heterocycles. The van der Waals surface area contributed by atoms with Gasteiger partial charge in [-0.25, -0.2) is 4.98 Å². The molecule has 54 heavy (non-hydrogen) atoms. The fraction of sp³-hybridized carbons (Fsp3) is 0.415. The molecule has 4 aromatic rings. The third-order valence-corrected chi connectivity index (χ3v) is 10.7. The molecule has 2 heterocycles. The fourth-order valence-corrected chi connectivity index (χ4v) is 7.72. The number of hydrogen-bond acceptors (Lipinski definition) is 8. The highest BCUT2D eigenvalue weighted by molar-refractivity contribution is 6.36. The van der Waals surface area contributed by atoms with E-state index < -0.39 is 29.6 Å². The molecule has 1 saturated carbocycles. The van der Waals surface area contributed by atoms with E-state index in [1.165, 1.54) is 14.2 Å². The lowest BCUT2D eigenvalue weighted by Gasteiger charge is -2.21. The first-order valence-electron chi connectivity index (χ1n) is 18.1. The van der Waals surface area contributed by atoms with E-state index in [4.69, 9.17) is 30.8 Å². The number of methoxy groups -OCH3 is 2. The molecule has 0 aliphatic heterocycles. The van der Waals surface area contributed by atoms with E-state index in [2.05, 4.69) is 15.6 Å². The van der Waals surface area contributed by atoms with Gasteiger partial charge in [0.05, 0.1) is 24.9 Å². The minimum atomic E-state index is -4.74. The number of rotatable bonds is 14. The number of aryl methyl sites for hydroxylation is 1. The Morgan fingerprint density at radius 3 is 2.37 bits per heavy atom. The molecule has 0 radical (unpaired) electrons. The number of aromatic nitrogens is 2. The van der Waals surface area contributed by atoms with Crippen LogP contribution in [0.3, 0.4) is 0 Å². The smallest absolute Gasteiger partial charge is 0.421 e. The number of fused-ring (bicyclic) bond motifs is 1. The summed E-state index contributed by atoms with van der Waals surface area (Å²) in [4.78, 5) is 32.6. The molecule has 0 bridgehead atoms. The van der Waals surface area contributed by atoms with Gasteiger partial charge in [0.1, 0.15) is 17.5 Å². The molecular weight excluding hydrogens is 721 g/mol. The third kappa shape index (κ3) is 8.50. The Kier molecular flexibility index (Phi) is 12.1. The van der Waals surface area contributed by atoms with Gasteiger partial charge in [-0.2, -0.15) is 18.2 Å². The first-order valence-corrected chi connectivity index (χ1v) is 18.5. The van der Waals surface area contributed by atoms with E-state index >= 15 is 0 Å². The molecular formula is C41H44ClF3N4O5. The Balaban J connectivity index is 1.24. The molecule has 9 nitrogen and oxygen atoms in total. The first-order chi connectivity index (χ1) is 25.9. The molecule has 286 valence electrons. The maximum absolute atomic E-state index is 14.5.